The summed E-state index contributed by atoms with van der Waals surface area (Å²) in [6.45, 7) is 14.9. The number of aryl methyl sites for hydroxylation is 1. The van der Waals surface area contributed by atoms with E-state index < -0.39 is 6.67 Å². The zero-order valence-electron chi connectivity index (χ0n) is 26.5. The van der Waals surface area contributed by atoms with E-state index in [-0.39, 0.29) is 24.6 Å². The Morgan fingerprint density at radius 3 is 2.73 bits per heavy atom. The van der Waals surface area contributed by atoms with Crippen LogP contribution in [0.4, 0.5) is 15.9 Å². The second kappa shape index (κ2) is 13.4. The summed E-state index contributed by atoms with van der Waals surface area (Å²) in [6.07, 6.45) is 5.63. The zero-order valence-corrected chi connectivity index (χ0v) is 26.5. The fourth-order valence-corrected chi connectivity index (χ4v) is 6.81. The van der Waals surface area contributed by atoms with Crippen LogP contribution in [0.25, 0.3) is 15.6 Å². The van der Waals surface area contributed by atoms with Gasteiger partial charge in [-0.2, -0.15) is 9.97 Å². The van der Waals surface area contributed by atoms with Gasteiger partial charge < -0.3 is 24.3 Å². The smallest absolute Gasteiger partial charge is 0.318 e. The van der Waals surface area contributed by atoms with Crippen LogP contribution in [-0.2, 0) is 17.8 Å². The largest absolute Gasteiger partial charge is 0.459 e. The number of ether oxygens (including phenoxy) is 1. The van der Waals surface area contributed by atoms with Crippen LogP contribution in [0.2, 0.25) is 0 Å². The number of amides is 1. The van der Waals surface area contributed by atoms with Crippen LogP contribution in [-0.4, -0.2) is 96.9 Å². The van der Waals surface area contributed by atoms with E-state index in [4.69, 9.17) is 21.3 Å². The van der Waals surface area contributed by atoms with Gasteiger partial charge in [0.15, 0.2) is 0 Å². The fraction of sp³-hybridized carbons (Fsp3) is 0.486. The van der Waals surface area contributed by atoms with Gasteiger partial charge >= 0.3 is 6.01 Å². The van der Waals surface area contributed by atoms with Crippen molar-refractivity contribution in [3.05, 3.63) is 76.8 Å². The van der Waals surface area contributed by atoms with Gasteiger partial charge in [-0.15, -0.1) is 0 Å². The molecule has 0 N–H and O–H groups in total. The Morgan fingerprint density at radius 2 is 1.98 bits per heavy atom. The Hall–Kier alpha value is -4.23. The van der Waals surface area contributed by atoms with E-state index in [1.165, 1.54) is 47.0 Å². The molecular weight excluding hydrogens is 569 g/mol. The Bertz CT molecular complexity index is 1610. The number of piperazine rings is 1. The number of rotatable bonds is 10. The quantitative estimate of drug-likeness (QED) is 0.241. The Kier molecular flexibility index (Phi) is 9.17. The van der Waals surface area contributed by atoms with Gasteiger partial charge in [-0.1, -0.05) is 30.3 Å². The van der Waals surface area contributed by atoms with Gasteiger partial charge in [0.25, 0.3) is 0 Å². The molecule has 10 heteroatoms. The number of allylic oxidation sites excluding steroid dienone is 1. The predicted octanol–water partition coefficient (Wildman–Crippen LogP) is 4.82. The molecule has 2 aliphatic heterocycles. The summed E-state index contributed by atoms with van der Waals surface area (Å²) in [6, 6.07) is 13.6. The molecule has 1 aromatic heterocycles. The Labute approximate surface area is 265 Å². The van der Waals surface area contributed by atoms with Crippen molar-refractivity contribution in [3.63, 3.8) is 0 Å². The number of nitrogens with zero attached hydrogens (tertiary/aromatic N) is 7. The lowest BCUT2D eigenvalue weighted by Gasteiger charge is -2.41. The molecule has 3 heterocycles. The summed E-state index contributed by atoms with van der Waals surface area (Å²) in [5.41, 5.74) is 4.48. The SMILES string of the molecule is [C-]#[N+]C[C@H]1CN(c2nc(O[C@H](C)CN(C)C3CC3)nc3c2CCN(c2cccc4cccc(C)c24)C3)CCN1C(=O)/C=C/CF. The molecular formula is C35H42FN7O2. The minimum atomic E-state index is -0.695. The van der Waals surface area contributed by atoms with Crippen molar-refractivity contribution in [2.45, 2.75) is 57.8 Å². The number of anilines is 2. The molecule has 9 nitrogen and oxygen atoms in total. The predicted molar refractivity (Wildman–Crippen MR) is 176 cm³/mol. The number of carbonyl (C=O) groups is 1. The van der Waals surface area contributed by atoms with Gasteiger partial charge in [0, 0.05) is 61.5 Å². The van der Waals surface area contributed by atoms with Gasteiger partial charge in [-0.3, -0.25) is 9.69 Å². The molecule has 1 aliphatic carbocycles. The first kappa shape index (κ1) is 30.8. The average molecular weight is 612 g/mol. The third-order valence-corrected chi connectivity index (χ3v) is 9.19. The second-order valence-corrected chi connectivity index (χ2v) is 12.5. The summed E-state index contributed by atoms with van der Waals surface area (Å²) < 4.78 is 19.1. The number of hydrogen-bond donors (Lipinski definition) is 0. The molecule has 0 unspecified atom stereocenters. The highest BCUT2D eigenvalue weighted by molar-refractivity contribution is 5.97. The number of hydrogen-bond acceptors (Lipinski definition) is 7. The van der Waals surface area contributed by atoms with Gasteiger partial charge in [0.05, 0.1) is 12.2 Å². The first-order valence-electron chi connectivity index (χ1n) is 16.0. The Balaban J connectivity index is 1.32. The van der Waals surface area contributed by atoms with Crippen LogP contribution < -0.4 is 14.5 Å². The number of alkyl halides is 1. The number of benzene rings is 2. The standard InChI is InChI=1S/C35H42FN7O2/c1-24-8-5-9-26-10-6-11-31(33(24)26)41-17-15-29-30(23-41)38-35(45-25(2)21-40(4)27-13-14-27)39-34(29)42-18-19-43(28(22-42)20-37-3)32(44)12-7-16-36/h5-12,25,27-28H,13-23H2,1-2,4H3/b12-7+/t25-,28+/m1/s1. The fourth-order valence-electron chi connectivity index (χ4n) is 6.81. The van der Waals surface area contributed by atoms with Gasteiger partial charge in [0.1, 0.15) is 24.6 Å². The van der Waals surface area contributed by atoms with Crippen LogP contribution >= 0.6 is 0 Å². The maximum Gasteiger partial charge on any atom is 0.318 e. The van der Waals surface area contributed by atoms with E-state index in [2.05, 4.69) is 76.8 Å². The van der Waals surface area contributed by atoms with Gasteiger partial charge in [0.2, 0.25) is 12.5 Å². The van der Waals surface area contributed by atoms with E-state index in [0.29, 0.717) is 38.2 Å². The number of likely N-dealkylation sites (N-methyl/N-ethyl adjacent to an activating group) is 1. The van der Waals surface area contributed by atoms with E-state index in [1.807, 2.05) is 0 Å². The molecule has 45 heavy (non-hydrogen) atoms. The third-order valence-electron chi connectivity index (χ3n) is 9.19. The van der Waals surface area contributed by atoms with Crippen molar-refractivity contribution in [3.8, 4) is 6.01 Å². The molecule has 6 rings (SSSR count). The van der Waals surface area contributed by atoms with Crippen LogP contribution in [0.5, 0.6) is 6.01 Å². The summed E-state index contributed by atoms with van der Waals surface area (Å²) >= 11 is 0. The molecule has 1 saturated carbocycles. The molecule has 0 spiro atoms. The summed E-state index contributed by atoms with van der Waals surface area (Å²) in [5, 5.41) is 2.48. The maximum absolute atomic E-state index is 12.8. The van der Waals surface area contributed by atoms with Gasteiger partial charge in [-0.05, 0) is 63.2 Å². The van der Waals surface area contributed by atoms with Crippen molar-refractivity contribution in [2.24, 2.45) is 0 Å². The highest BCUT2D eigenvalue weighted by Crippen LogP contribution is 2.36. The molecule has 2 fully saturated rings. The number of aromatic nitrogens is 2. The molecule has 1 saturated heterocycles. The minimum Gasteiger partial charge on any atom is -0.459 e. The molecule has 236 valence electrons. The zero-order chi connectivity index (χ0) is 31.5. The number of carbonyl (C=O) groups excluding carboxylic acids is 1. The van der Waals surface area contributed by atoms with Crippen molar-refractivity contribution in [1.82, 2.24) is 19.8 Å². The summed E-state index contributed by atoms with van der Waals surface area (Å²) in [7, 11) is 2.14. The summed E-state index contributed by atoms with van der Waals surface area (Å²) in [5.74, 6) is 0.567. The van der Waals surface area contributed by atoms with Crippen LogP contribution in [0.1, 0.15) is 36.6 Å². The molecule has 3 aliphatic rings. The molecule has 0 radical (unpaired) electrons. The van der Waals surface area contributed by atoms with Crippen LogP contribution in [0, 0.1) is 13.5 Å². The number of halogens is 1. The van der Waals surface area contributed by atoms with Gasteiger partial charge in [-0.25, -0.2) is 11.0 Å². The average Bonchev–Trinajstić information content (AvgIpc) is 3.89. The van der Waals surface area contributed by atoms with E-state index in [1.54, 1.807) is 4.90 Å². The second-order valence-electron chi connectivity index (χ2n) is 12.5. The third kappa shape index (κ3) is 6.74. The first-order valence-corrected chi connectivity index (χ1v) is 16.0. The molecule has 2 atom stereocenters. The van der Waals surface area contributed by atoms with E-state index in [0.717, 1.165) is 36.6 Å². The summed E-state index contributed by atoms with van der Waals surface area (Å²) in [4.78, 5) is 35.1. The maximum atomic E-state index is 12.8. The normalized spacial score (nSPS) is 19.2. The number of fused-ring (bicyclic) bond motifs is 2. The highest BCUT2D eigenvalue weighted by atomic mass is 19.1. The molecule has 2 aromatic carbocycles. The van der Waals surface area contributed by atoms with Crippen molar-refractivity contribution in [2.75, 3.05) is 62.8 Å². The molecule has 3 aromatic rings. The topological polar surface area (TPSA) is 69.4 Å². The van der Waals surface area contributed by atoms with E-state index in [9.17, 15) is 9.18 Å². The lowest BCUT2D eigenvalue weighted by molar-refractivity contribution is -0.128. The van der Waals surface area contributed by atoms with Crippen molar-refractivity contribution >= 4 is 28.2 Å². The van der Waals surface area contributed by atoms with Crippen molar-refractivity contribution in [1.29, 1.82) is 0 Å². The minimum absolute atomic E-state index is 0.0893. The highest BCUT2D eigenvalue weighted by Gasteiger charge is 2.35. The monoisotopic (exact) mass is 611 g/mol. The Morgan fingerprint density at radius 1 is 1.18 bits per heavy atom. The first-order chi connectivity index (χ1) is 21.9. The van der Waals surface area contributed by atoms with Crippen molar-refractivity contribution < 1.29 is 13.9 Å². The van der Waals surface area contributed by atoms with E-state index >= 15 is 0 Å². The lowest BCUT2D eigenvalue weighted by atomic mass is 9.99. The van der Waals surface area contributed by atoms with Crippen LogP contribution in [0.3, 0.4) is 0 Å². The van der Waals surface area contributed by atoms with Crippen LogP contribution in [0.15, 0.2) is 48.6 Å². The lowest BCUT2D eigenvalue weighted by Crippen LogP contribution is -2.56. The molecule has 1 amide bonds. The molecule has 0 bridgehead atoms.